The number of para-hydroxylation sites is 1. The molecule has 0 bridgehead atoms. The van der Waals surface area contributed by atoms with E-state index in [4.69, 9.17) is 4.74 Å². The van der Waals surface area contributed by atoms with Gasteiger partial charge in [-0.25, -0.2) is 12.8 Å². The zero-order valence-corrected chi connectivity index (χ0v) is 16.0. The Kier molecular flexibility index (Phi) is 5.20. The molecular weight excluding hydrogens is 355 g/mol. The second kappa shape index (κ2) is 7.25. The van der Waals surface area contributed by atoms with Crippen LogP contribution >= 0.6 is 0 Å². The molecule has 0 aromatic heterocycles. The van der Waals surface area contributed by atoms with Gasteiger partial charge in [-0.05, 0) is 49.2 Å². The van der Waals surface area contributed by atoms with E-state index < -0.39 is 10.0 Å². The van der Waals surface area contributed by atoms with Crippen LogP contribution in [0.2, 0.25) is 0 Å². The fourth-order valence-electron chi connectivity index (χ4n) is 3.28. The molecule has 0 radical (unpaired) electrons. The predicted molar refractivity (Wildman–Crippen MR) is 99.8 cm³/mol. The molecule has 0 spiro atoms. The highest BCUT2D eigenvalue weighted by Gasteiger charge is 2.30. The first-order valence-corrected chi connectivity index (χ1v) is 9.93. The number of ether oxygens (including phenoxy) is 1. The van der Waals surface area contributed by atoms with Gasteiger partial charge in [0.15, 0.2) is 0 Å². The van der Waals surface area contributed by atoms with Gasteiger partial charge < -0.3 is 9.64 Å². The van der Waals surface area contributed by atoms with Crippen LogP contribution in [0, 0.1) is 19.7 Å². The van der Waals surface area contributed by atoms with Crippen molar-refractivity contribution in [3.05, 3.63) is 53.3 Å². The third-order valence-corrected chi connectivity index (χ3v) is 6.78. The first-order chi connectivity index (χ1) is 12.3. The lowest BCUT2D eigenvalue weighted by atomic mass is 10.1. The molecule has 0 N–H and O–H groups in total. The van der Waals surface area contributed by atoms with Gasteiger partial charge in [0.2, 0.25) is 10.0 Å². The van der Waals surface area contributed by atoms with Crippen molar-refractivity contribution in [2.75, 3.05) is 38.2 Å². The SMILES string of the molecule is COc1cc(C)c(S(=O)(=O)N2CCN(c3ccccc3F)CC2)cc1C. The van der Waals surface area contributed by atoms with Crippen molar-refractivity contribution in [3.8, 4) is 5.75 Å². The average Bonchev–Trinajstić information content (AvgIpc) is 2.63. The minimum Gasteiger partial charge on any atom is -0.496 e. The van der Waals surface area contributed by atoms with E-state index in [0.717, 1.165) is 5.56 Å². The number of methoxy groups -OCH3 is 1. The molecule has 3 rings (SSSR count). The van der Waals surface area contributed by atoms with Gasteiger partial charge in [0.25, 0.3) is 0 Å². The zero-order chi connectivity index (χ0) is 18.9. The van der Waals surface area contributed by atoms with Crippen LogP contribution in [0.4, 0.5) is 10.1 Å². The van der Waals surface area contributed by atoms with Crippen molar-refractivity contribution < 1.29 is 17.5 Å². The number of anilines is 1. The topological polar surface area (TPSA) is 49.9 Å². The van der Waals surface area contributed by atoms with E-state index in [1.54, 1.807) is 44.4 Å². The molecule has 26 heavy (non-hydrogen) atoms. The standard InChI is InChI=1S/C19H23FN2O3S/c1-14-13-19(15(2)12-18(14)25-3)26(23,24)22-10-8-21(9-11-22)17-7-5-4-6-16(17)20/h4-7,12-13H,8-11H2,1-3H3. The molecule has 0 saturated carbocycles. The minimum atomic E-state index is -3.60. The van der Waals surface area contributed by atoms with E-state index in [-0.39, 0.29) is 5.82 Å². The van der Waals surface area contributed by atoms with Gasteiger partial charge >= 0.3 is 0 Å². The molecule has 5 nitrogen and oxygen atoms in total. The maximum Gasteiger partial charge on any atom is 0.243 e. The number of sulfonamides is 1. The zero-order valence-electron chi connectivity index (χ0n) is 15.2. The molecule has 1 heterocycles. The van der Waals surface area contributed by atoms with Crippen LogP contribution in [-0.2, 0) is 10.0 Å². The first kappa shape index (κ1) is 18.7. The highest BCUT2D eigenvalue weighted by molar-refractivity contribution is 7.89. The summed E-state index contributed by atoms with van der Waals surface area (Å²) in [5.41, 5.74) is 1.95. The lowest BCUT2D eigenvalue weighted by Gasteiger charge is -2.35. The fourth-order valence-corrected chi connectivity index (χ4v) is 4.99. The Hall–Kier alpha value is -2.12. The fraction of sp³-hybridized carbons (Fsp3) is 0.368. The molecule has 1 aliphatic rings. The van der Waals surface area contributed by atoms with Crippen LogP contribution in [0.3, 0.4) is 0 Å². The van der Waals surface area contributed by atoms with E-state index in [9.17, 15) is 12.8 Å². The van der Waals surface area contributed by atoms with Crippen molar-refractivity contribution >= 4 is 15.7 Å². The van der Waals surface area contributed by atoms with E-state index in [1.165, 1.54) is 10.4 Å². The largest absolute Gasteiger partial charge is 0.496 e. The highest BCUT2D eigenvalue weighted by atomic mass is 32.2. The monoisotopic (exact) mass is 378 g/mol. The van der Waals surface area contributed by atoms with Crippen molar-refractivity contribution in [1.82, 2.24) is 4.31 Å². The lowest BCUT2D eigenvalue weighted by Crippen LogP contribution is -2.49. The first-order valence-electron chi connectivity index (χ1n) is 8.49. The highest BCUT2D eigenvalue weighted by Crippen LogP contribution is 2.29. The molecule has 2 aromatic rings. The molecule has 2 aromatic carbocycles. The van der Waals surface area contributed by atoms with Crippen molar-refractivity contribution in [1.29, 1.82) is 0 Å². The molecule has 0 unspecified atom stereocenters. The molecule has 7 heteroatoms. The second-order valence-corrected chi connectivity index (χ2v) is 8.34. The van der Waals surface area contributed by atoms with E-state index in [2.05, 4.69) is 0 Å². The summed E-state index contributed by atoms with van der Waals surface area (Å²) >= 11 is 0. The smallest absolute Gasteiger partial charge is 0.243 e. The Balaban J connectivity index is 1.81. The van der Waals surface area contributed by atoms with Gasteiger partial charge in [0, 0.05) is 26.2 Å². The van der Waals surface area contributed by atoms with Crippen molar-refractivity contribution in [2.24, 2.45) is 0 Å². The number of aryl methyl sites for hydroxylation is 2. The Morgan fingerprint density at radius 1 is 1.00 bits per heavy atom. The Morgan fingerprint density at radius 3 is 2.27 bits per heavy atom. The molecule has 1 saturated heterocycles. The number of nitrogens with zero attached hydrogens (tertiary/aromatic N) is 2. The number of rotatable bonds is 4. The summed E-state index contributed by atoms with van der Waals surface area (Å²) < 4.78 is 46.8. The third-order valence-electron chi connectivity index (χ3n) is 4.74. The molecule has 1 fully saturated rings. The van der Waals surface area contributed by atoms with Gasteiger partial charge in [-0.2, -0.15) is 4.31 Å². The van der Waals surface area contributed by atoms with Crippen molar-refractivity contribution in [3.63, 3.8) is 0 Å². The third kappa shape index (κ3) is 3.41. The molecule has 0 amide bonds. The van der Waals surface area contributed by atoms with Gasteiger partial charge in [-0.15, -0.1) is 0 Å². The van der Waals surface area contributed by atoms with Crippen LogP contribution < -0.4 is 9.64 Å². The lowest BCUT2D eigenvalue weighted by molar-refractivity contribution is 0.382. The molecule has 1 aliphatic heterocycles. The van der Waals surface area contributed by atoms with E-state index in [1.807, 2.05) is 11.8 Å². The number of halogens is 1. The van der Waals surface area contributed by atoms with Crippen LogP contribution in [0.1, 0.15) is 11.1 Å². The molecule has 0 atom stereocenters. The summed E-state index contributed by atoms with van der Waals surface area (Å²) in [6.45, 7) is 5.14. The summed E-state index contributed by atoms with van der Waals surface area (Å²) in [5.74, 6) is 0.385. The molecule has 0 aliphatic carbocycles. The maximum atomic E-state index is 14.0. The molecular formula is C19H23FN2O3S. The quantitative estimate of drug-likeness (QED) is 0.821. The maximum absolute atomic E-state index is 14.0. The summed E-state index contributed by atoms with van der Waals surface area (Å²) in [6, 6.07) is 9.97. The van der Waals surface area contributed by atoms with E-state index >= 15 is 0 Å². The predicted octanol–water partition coefficient (Wildman–Crippen LogP) is 2.96. The average molecular weight is 378 g/mol. The van der Waals surface area contributed by atoms with Gasteiger partial charge in [-0.3, -0.25) is 0 Å². The normalized spacial score (nSPS) is 15.9. The van der Waals surface area contributed by atoms with Gasteiger partial charge in [0.1, 0.15) is 11.6 Å². The number of benzene rings is 2. The Morgan fingerprint density at radius 2 is 1.65 bits per heavy atom. The van der Waals surface area contributed by atoms with Gasteiger partial charge in [0.05, 0.1) is 17.7 Å². The van der Waals surface area contributed by atoms with E-state index in [0.29, 0.717) is 48.1 Å². The van der Waals surface area contributed by atoms with Crippen LogP contribution in [0.5, 0.6) is 5.75 Å². The second-order valence-electron chi connectivity index (χ2n) is 6.43. The molecule has 140 valence electrons. The summed E-state index contributed by atoms with van der Waals surface area (Å²) in [5, 5.41) is 0. The number of piperazine rings is 1. The Labute approximate surface area is 154 Å². The van der Waals surface area contributed by atoms with Crippen LogP contribution in [0.25, 0.3) is 0 Å². The summed E-state index contributed by atoms with van der Waals surface area (Å²) in [7, 11) is -2.03. The van der Waals surface area contributed by atoms with Crippen LogP contribution in [-0.4, -0.2) is 46.0 Å². The number of hydrogen-bond acceptors (Lipinski definition) is 4. The Bertz CT molecular complexity index is 907. The summed E-state index contributed by atoms with van der Waals surface area (Å²) in [6.07, 6.45) is 0. The number of hydrogen-bond donors (Lipinski definition) is 0. The van der Waals surface area contributed by atoms with Crippen molar-refractivity contribution in [2.45, 2.75) is 18.7 Å². The van der Waals surface area contributed by atoms with Gasteiger partial charge in [-0.1, -0.05) is 12.1 Å². The van der Waals surface area contributed by atoms with Crippen LogP contribution in [0.15, 0.2) is 41.3 Å². The minimum absolute atomic E-state index is 0.287. The summed E-state index contributed by atoms with van der Waals surface area (Å²) in [4.78, 5) is 2.18.